The standard InChI is InChI=1S/C18H24N2O2/c1-12-15(16-7-2-3-8-17(16)19-12)9-10-18(22)20-13-5-4-6-14(21)11-13/h2-3,7-8,13-14,19,21H,4-6,9-11H2,1H3,(H,20,22). The molecular weight excluding hydrogens is 276 g/mol. The first-order valence-corrected chi connectivity index (χ1v) is 8.17. The summed E-state index contributed by atoms with van der Waals surface area (Å²) in [5.74, 6) is 0.0868. The van der Waals surface area contributed by atoms with Crippen LogP contribution >= 0.6 is 0 Å². The summed E-state index contributed by atoms with van der Waals surface area (Å²) >= 11 is 0. The maximum absolute atomic E-state index is 12.2. The molecule has 3 N–H and O–H groups in total. The third kappa shape index (κ3) is 3.33. The Kier molecular flexibility index (Phi) is 4.48. The summed E-state index contributed by atoms with van der Waals surface area (Å²) in [6.45, 7) is 2.06. The lowest BCUT2D eigenvalue weighted by Gasteiger charge is -2.26. The van der Waals surface area contributed by atoms with Crippen molar-refractivity contribution >= 4 is 16.8 Å². The number of fused-ring (bicyclic) bond motifs is 1. The van der Waals surface area contributed by atoms with E-state index in [0.717, 1.165) is 36.9 Å². The molecule has 1 amide bonds. The molecule has 2 unspecified atom stereocenters. The van der Waals surface area contributed by atoms with Gasteiger partial charge in [-0.1, -0.05) is 18.2 Å². The summed E-state index contributed by atoms with van der Waals surface area (Å²) in [5, 5.41) is 14.0. The second-order valence-corrected chi connectivity index (χ2v) is 6.36. The molecule has 4 nitrogen and oxygen atoms in total. The lowest BCUT2D eigenvalue weighted by molar-refractivity contribution is -0.122. The van der Waals surface area contributed by atoms with E-state index in [1.165, 1.54) is 10.9 Å². The number of nitrogens with one attached hydrogen (secondary N) is 2. The SMILES string of the molecule is Cc1[nH]c2ccccc2c1CCC(=O)NC1CCCC(O)C1. The molecule has 0 bridgehead atoms. The van der Waals surface area contributed by atoms with E-state index >= 15 is 0 Å². The Bertz CT molecular complexity index is 662. The maximum Gasteiger partial charge on any atom is 0.220 e. The zero-order chi connectivity index (χ0) is 15.5. The molecular formula is C18H24N2O2. The number of amides is 1. The number of para-hydroxylation sites is 1. The third-order valence-corrected chi connectivity index (χ3v) is 4.64. The van der Waals surface area contributed by atoms with Gasteiger partial charge in [0.25, 0.3) is 0 Å². The molecule has 2 aromatic rings. The van der Waals surface area contributed by atoms with Crippen LogP contribution in [0.25, 0.3) is 10.9 Å². The molecule has 4 heteroatoms. The number of hydrogen-bond donors (Lipinski definition) is 3. The van der Waals surface area contributed by atoms with Crippen molar-refractivity contribution in [3.63, 3.8) is 0 Å². The fourth-order valence-corrected chi connectivity index (χ4v) is 3.49. The molecule has 2 atom stereocenters. The summed E-state index contributed by atoms with van der Waals surface area (Å²) in [4.78, 5) is 15.5. The number of H-pyrrole nitrogens is 1. The monoisotopic (exact) mass is 300 g/mol. The number of aryl methyl sites for hydroxylation is 2. The van der Waals surface area contributed by atoms with Crippen molar-refractivity contribution in [1.29, 1.82) is 0 Å². The van der Waals surface area contributed by atoms with Crippen LogP contribution in [0.2, 0.25) is 0 Å². The summed E-state index contributed by atoms with van der Waals surface area (Å²) in [5.41, 5.74) is 3.50. The first kappa shape index (κ1) is 15.1. The quantitative estimate of drug-likeness (QED) is 0.813. The van der Waals surface area contributed by atoms with Gasteiger partial charge in [-0.15, -0.1) is 0 Å². The predicted molar refractivity (Wildman–Crippen MR) is 87.8 cm³/mol. The van der Waals surface area contributed by atoms with Crippen molar-refractivity contribution in [1.82, 2.24) is 10.3 Å². The molecule has 1 saturated carbocycles. The highest BCUT2D eigenvalue weighted by Crippen LogP contribution is 2.23. The molecule has 3 rings (SSSR count). The van der Waals surface area contributed by atoms with Crippen LogP contribution in [0.1, 0.15) is 43.4 Å². The minimum Gasteiger partial charge on any atom is -0.393 e. The van der Waals surface area contributed by atoms with Crippen LogP contribution in [0, 0.1) is 6.92 Å². The van der Waals surface area contributed by atoms with Crippen molar-refractivity contribution in [2.75, 3.05) is 0 Å². The van der Waals surface area contributed by atoms with Gasteiger partial charge >= 0.3 is 0 Å². The van der Waals surface area contributed by atoms with E-state index in [4.69, 9.17) is 0 Å². The lowest BCUT2D eigenvalue weighted by Crippen LogP contribution is -2.39. The number of carbonyl (C=O) groups excluding carboxylic acids is 1. The molecule has 0 aliphatic heterocycles. The average molecular weight is 300 g/mol. The first-order valence-electron chi connectivity index (χ1n) is 8.17. The topological polar surface area (TPSA) is 65.1 Å². The van der Waals surface area contributed by atoms with Crippen molar-refractivity contribution in [3.05, 3.63) is 35.5 Å². The van der Waals surface area contributed by atoms with Crippen LogP contribution in [0.4, 0.5) is 0 Å². The van der Waals surface area contributed by atoms with Crippen LogP contribution in [0.5, 0.6) is 0 Å². The summed E-state index contributed by atoms with van der Waals surface area (Å²) < 4.78 is 0. The number of aliphatic hydroxyl groups is 1. The predicted octanol–water partition coefficient (Wildman–Crippen LogP) is 2.83. The first-order chi connectivity index (χ1) is 10.6. The second-order valence-electron chi connectivity index (χ2n) is 6.36. The highest BCUT2D eigenvalue weighted by atomic mass is 16.3. The molecule has 22 heavy (non-hydrogen) atoms. The Hall–Kier alpha value is -1.81. The van der Waals surface area contributed by atoms with Gasteiger partial charge in [0, 0.05) is 29.1 Å². The molecule has 1 aromatic carbocycles. The minimum atomic E-state index is -0.255. The smallest absolute Gasteiger partial charge is 0.220 e. The maximum atomic E-state index is 12.2. The minimum absolute atomic E-state index is 0.0868. The van der Waals surface area contributed by atoms with Crippen molar-refractivity contribution < 1.29 is 9.90 Å². The van der Waals surface area contributed by atoms with Crippen molar-refractivity contribution in [2.24, 2.45) is 0 Å². The van der Waals surface area contributed by atoms with Gasteiger partial charge in [0.15, 0.2) is 0 Å². The summed E-state index contributed by atoms with van der Waals surface area (Å²) in [6.07, 6.45) is 4.52. The number of aromatic amines is 1. The summed E-state index contributed by atoms with van der Waals surface area (Å²) in [6, 6.07) is 8.35. The van der Waals surface area contributed by atoms with Crippen LogP contribution in [-0.4, -0.2) is 28.1 Å². The van der Waals surface area contributed by atoms with Crippen LogP contribution < -0.4 is 5.32 Å². The molecule has 1 heterocycles. The zero-order valence-corrected chi connectivity index (χ0v) is 13.1. The van der Waals surface area contributed by atoms with Crippen LogP contribution in [-0.2, 0) is 11.2 Å². The molecule has 1 aliphatic rings. The van der Waals surface area contributed by atoms with Crippen molar-refractivity contribution in [3.8, 4) is 0 Å². The number of carbonyl (C=O) groups is 1. The van der Waals surface area contributed by atoms with Crippen LogP contribution in [0.3, 0.4) is 0 Å². The number of benzene rings is 1. The van der Waals surface area contributed by atoms with Crippen molar-refractivity contribution in [2.45, 2.75) is 57.6 Å². The van der Waals surface area contributed by atoms with E-state index in [0.29, 0.717) is 12.8 Å². The van der Waals surface area contributed by atoms with Gasteiger partial charge in [-0.2, -0.15) is 0 Å². The second kappa shape index (κ2) is 6.53. The van der Waals surface area contributed by atoms with E-state index in [-0.39, 0.29) is 18.1 Å². The largest absolute Gasteiger partial charge is 0.393 e. The Morgan fingerprint density at radius 3 is 3.00 bits per heavy atom. The molecule has 1 fully saturated rings. The normalized spacial score (nSPS) is 21.9. The third-order valence-electron chi connectivity index (χ3n) is 4.64. The average Bonchev–Trinajstić information content (AvgIpc) is 2.80. The van der Waals surface area contributed by atoms with Gasteiger partial charge in [0.1, 0.15) is 0 Å². The fourth-order valence-electron chi connectivity index (χ4n) is 3.49. The molecule has 0 spiro atoms. The van der Waals surface area contributed by atoms with Gasteiger partial charge < -0.3 is 15.4 Å². The van der Waals surface area contributed by atoms with Crippen LogP contribution in [0.15, 0.2) is 24.3 Å². The highest BCUT2D eigenvalue weighted by Gasteiger charge is 2.21. The molecule has 1 aromatic heterocycles. The van der Waals surface area contributed by atoms with Gasteiger partial charge in [-0.05, 0) is 50.7 Å². The molecule has 0 radical (unpaired) electrons. The Labute approximate surface area is 130 Å². The zero-order valence-electron chi connectivity index (χ0n) is 13.1. The van der Waals surface area contributed by atoms with E-state index in [1.54, 1.807) is 0 Å². The van der Waals surface area contributed by atoms with Gasteiger partial charge in [-0.3, -0.25) is 4.79 Å². The Morgan fingerprint density at radius 1 is 1.36 bits per heavy atom. The highest BCUT2D eigenvalue weighted by molar-refractivity contribution is 5.85. The van der Waals surface area contributed by atoms with Gasteiger partial charge in [-0.25, -0.2) is 0 Å². The lowest BCUT2D eigenvalue weighted by atomic mass is 9.93. The summed E-state index contributed by atoms with van der Waals surface area (Å²) in [7, 11) is 0. The van der Waals surface area contributed by atoms with Gasteiger partial charge in [0.05, 0.1) is 6.10 Å². The van der Waals surface area contributed by atoms with E-state index < -0.39 is 0 Å². The number of aliphatic hydroxyl groups excluding tert-OH is 1. The Morgan fingerprint density at radius 2 is 2.18 bits per heavy atom. The molecule has 1 aliphatic carbocycles. The van der Waals surface area contributed by atoms with Gasteiger partial charge in [0.2, 0.25) is 5.91 Å². The number of hydrogen-bond acceptors (Lipinski definition) is 2. The number of aromatic nitrogens is 1. The van der Waals surface area contributed by atoms with E-state index in [9.17, 15) is 9.90 Å². The molecule has 0 saturated heterocycles. The van der Waals surface area contributed by atoms with E-state index in [1.807, 2.05) is 12.1 Å². The van der Waals surface area contributed by atoms with E-state index in [2.05, 4.69) is 29.4 Å². The fraction of sp³-hybridized carbons (Fsp3) is 0.500. The Balaban J connectivity index is 1.59. The molecule has 118 valence electrons. The number of rotatable bonds is 4.